The summed E-state index contributed by atoms with van der Waals surface area (Å²) in [6.45, 7) is 1.22. The van der Waals surface area contributed by atoms with Gasteiger partial charge in [-0.15, -0.1) is 21.5 Å². The van der Waals surface area contributed by atoms with Gasteiger partial charge in [-0.2, -0.15) is 0 Å². The zero-order chi connectivity index (χ0) is 42.5. The first-order chi connectivity index (χ1) is 30.4. The van der Waals surface area contributed by atoms with Crippen molar-refractivity contribution in [3.05, 3.63) is 199 Å². The predicted molar refractivity (Wildman–Crippen MR) is 252 cm³/mol. The fourth-order valence-corrected chi connectivity index (χ4v) is 8.19. The van der Waals surface area contributed by atoms with Gasteiger partial charge in [0, 0.05) is 81.8 Å². The number of benzene rings is 4. The Morgan fingerprint density at radius 3 is 1.71 bits per heavy atom. The molecule has 0 aliphatic rings. The number of fused-ring (bicyclic) bond motifs is 1. The SMILES string of the molecule is N[C@H](CNc1cc(-c2ccncc2)c(-c2ccc(F)cc2)nn1)Cc1ccccc1.N[C@H](CNc1ccc(-c2cc3ccccc3s2)c(-c2ccncc2)n1)Cc1ccccc1. The van der Waals surface area contributed by atoms with Crippen molar-refractivity contribution in [3.8, 4) is 44.1 Å². The van der Waals surface area contributed by atoms with Crippen LogP contribution in [0.5, 0.6) is 0 Å². The van der Waals surface area contributed by atoms with Crippen LogP contribution in [0, 0.1) is 5.82 Å². The van der Waals surface area contributed by atoms with Crippen molar-refractivity contribution in [1.82, 2.24) is 25.1 Å². The molecule has 0 aliphatic carbocycles. The number of thiophene rings is 1. The second-order valence-corrected chi connectivity index (χ2v) is 16.0. The predicted octanol–water partition coefficient (Wildman–Crippen LogP) is 10.3. The van der Waals surface area contributed by atoms with Crippen molar-refractivity contribution in [3.63, 3.8) is 0 Å². The Hall–Kier alpha value is -7.18. The molecule has 9 rings (SSSR count). The number of nitrogens with zero attached hydrogens (tertiary/aromatic N) is 5. The summed E-state index contributed by atoms with van der Waals surface area (Å²) < 4.78 is 14.6. The summed E-state index contributed by atoms with van der Waals surface area (Å²) in [6.07, 6.45) is 8.67. The van der Waals surface area contributed by atoms with E-state index in [0.717, 1.165) is 52.2 Å². The van der Waals surface area contributed by atoms with Gasteiger partial charge in [0.1, 0.15) is 23.1 Å². The summed E-state index contributed by atoms with van der Waals surface area (Å²) in [5, 5.41) is 16.7. The summed E-state index contributed by atoms with van der Waals surface area (Å²) >= 11 is 1.79. The smallest absolute Gasteiger partial charge is 0.149 e. The highest BCUT2D eigenvalue weighted by Crippen LogP contribution is 2.39. The molecule has 5 heterocycles. The lowest BCUT2D eigenvalue weighted by atomic mass is 10.0. The standard InChI is InChI=1S/C27H24N4S.C24H22FN5/c28-22(16-19-6-2-1-3-7-19)18-30-26-11-10-23(27(31-26)20-12-14-29-15-13-20)25-17-21-8-4-5-9-24(21)32-25;25-20-8-6-19(7-9-20)24-22(18-10-12-27-13-11-18)15-23(29-30-24)28-16-21(26)14-17-4-2-1-3-5-17/h1-15,17,22H,16,18,28H2,(H,30,31);1-13,15,21H,14,16,26H2,(H,28,29)/t22-;21-/m00/s1. The van der Waals surface area contributed by atoms with E-state index in [-0.39, 0.29) is 17.9 Å². The Morgan fingerprint density at radius 1 is 0.516 bits per heavy atom. The van der Waals surface area contributed by atoms with Gasteiger partial charge in [-0.1, -0.05) is 78.9 Å². The van der Waals surface area contributed by atoms with Crippen LogP contribution in [-0.4, -0.2) is 50.3 Å². The fourth-order valence-electron chi connectivity index (χ4n) is 7.10. The van der Waals surface area contributed by atoms with Gasteiger partial charge in [-0.3, -0.25) is 9.97 Å². The van der Waals surface area contributed by atoms with Crippen LogP contribution in [0.3, 0.4) is 0 Å². The molecule has 5 aromatic heterocycles. The minimum atomic E-state index is -0.289. The maximum Gasteiger partial charge on any atom is 0.149 e. The molecule has 0 amide bonds. The summed E-state index contributed by atoms with van der Waals surface area (Å²) in [4.78, 5) is 14.4. The van der Waals surface area contributed by atoms with E-state index in [4.69, 9.17) is 16.5 Å². The van der Waals surface area contributed by atoms with Crippen molar-refractivity contribution in [2.24, 2.45) is 11.5 Å². The molecule has 0 radical (unpaired) electrons. The Balaban J connectivity index is 0.000000171. The number of hydrogen-bond acceptors (Lipinski definition) is 10. The Bertz CT molecular complexity index is 2760. The average molecular weight is 836 g/mol. The first-order valence-corrected chi connectivity index (χ1v) is 21.3. The zero-order valence-electron chi connectivity index (χ0n) is 34.0. The average Bonchev–Trinajstić information content (AvgIpc) is 3.76. The summed E-state index contributed by atoms with van der Waals surface area (Å²) in [5.41, 5.74) is 21.5. The van der Waals surface area contributed by atoms with Crippen LogP contribution in [0.2, 0.25) is 0 Å². The highest BCUT2D eigenvalue weighted by molar-refractivity contribution is 7.22. The molecule has 308 valence electrons. The van der Waals surface area contributed by atoms with Gasteiger partial charge in [0.25, 0.3) is 0 Å². The van der Waals surface area contributed by atoms with Gasteiger partial charge in [0.05, 0.1) is 5.69 Å². The molecule has 2 atom stereocenters. The summed E-state index contributed by atoms with van der Waals surface area (Å²) in [7, 11) is 0. The monoisotopic (exact) mass is 835 g/mol. The lowest BCUT2D eigenvalue weighted by Gasteiger charge is -2.15. The van der Waals surface area contributed by atoms with Gasteiger partial charge in [0.2, 0.25) is 0 Å². The molecule has 0 spiro atoms. The molecular formula is C51H46FN9S. The number of aromatic nitrogens is 5. The van der Waals surface area contributed by atoms with Crippen LogP contribution in [0.15, 0.2) is 183 Å². The van der Waals surface area contributed by atoms with E-state index in [9.17, 15) is 4.39 Å². The third-order valence-corrected chi connectivity index (χ3v) is 11.4. The van der Waals surface area contributed by atoms with E-state index in [1.54, 1.807) is 35.9 Å². The lowest BCUT2D eigenvalue weighted by Crippen LogP contribution is -2.31. The van der Waals surface area contributed by atoms with E-state index in [0.29, 0.717) is 24.6 Å². The molecular weight excluding hydrogens is 790 g/mol. The minimum absolute atomic E-state index is 0.00541. The lowest BCUT2D eigenvalue weighted by molar-refractivity contribution is 0.628. The van der Waals surface area contributed by atoms with Crippen molar-refractivity contribution < 1.29 is 4.39 Å². The molecule has 11 heteroatoms. The highest BCUT2D eigenvalue weighted by Gasteiger charge is 2.15. The van der Waals surface area contributed by atoms with E-state index >= 15 is 0 Å². The van der Waals surface area contributed by atoms with Gasteiger partial charge in [-0.05, 0) is 114 Å². The van der Waals surface area contributed by atoms with Crippen LogP contribution in [0.25, 0.3) is 54.2 Å². The van der Waals surface area contributed by atoms with Crippen molar-refractivity contribution in [2.45, 2.75) is 24.9 Å². The number of halogens is 1. The molecule has 0 aliphatic heterocycles. The molecule has 0 bridgehead atoms. The zero-order valence-corrected chi connectivity index (χ0v) is 34.8. The Labute approximate surface area is 364 Å². The Kier molecular flexibility index (Phi) is 13.7. The van der Waals surface area contributed by atoms with E-state index in [1.165, 1.54) is 38.2 Å². The molecule has 0 unspecified atom stereocenters. The normalized spacial score (nSPS) is 11.9. The number of anilines is 2. The molecule has 0 fully saturated rings. The number of nitrogens with one attached hydrogen (secondary N) is 2. The number of nitrogens with two attached hydrogens (primary N) is 2. The Morgan fingerprint density at radius 2 is 1.08 bits per heavy atom. The largest absolute Gasteiger partial charge is 0.368 e. The van der Waals surface area contributed by atoms with Crippen molar-refractivity contribution in [1.29, 1.82) is 0 Å². The van der Waals surface area contributed by atoms with Gasteiger partial charge in [-0.25, -0.2) is 9.37 Å². The summed E-state index contributed by atoms with van der Waals surface area (Å²) in [5.74, 6) is 1.17. The molecule has 0 saturated heterocycles. The van der Waals surface area contributed by atoms with Crippen molar-refractivity contribution in [2.75, 3.05) is 23.7 Å². The first-order valence-electron chi connectivity index (χ1n) is 20.5. The van der Waals surface area contributed by atoms with E-state index < -0.39 is 0 Å². The van der Waals surface area contributed by atoms with E-state index in [2.05, 4.69) is 91.5 Å². The number of rotatable bonds is 14. The molecule has 6 N–H and O–H groups in total. The van der Waals surface area contributed by atoms with Crippen LogP contribution in [0.4, 0.5) is 16.0 Å². The molecule has 62 heavy (non-hydrogen) atoms. The molecule has 4 aromatic carbocycles. The molecule has 0 saturated carbocycles. The second kappa shape index (κ2) is 20.4. The van der Waals surface area contributed by atoms with Crippen LogP contribution in [0.1, 0.15) is 11.1 Å². The fraction of sp³-hybridized carbons (Fsp3) is 0.118. The highest BCUT2D eigenvalue weighted by atomic mass is 32.1. The van der Waals surface area contributed by atoms with Crippen LogP contribution >= 0.6 is 11.3 Å². The number of pyridine rings is 3. The molecule has 9 nitrogen and oxygen atoms in total. The maximum atomic E-state index is 13.4. The number of hydrogen-bond donors (Lipinski definition) is 4. The third kappa shape index (κ3) is 10.9. The van der Waals surface area contributed by atoms with Gasteiger partial charge < -0.3 is 22.1 Å². The minimum Gasteiger partial charge on any atom is -0.368 e. The van der Waals surface area contributed by atoms with Gasteiger partial charge >= 0.3 is 0 Å². The summed E-state index contributed by atoms with van der Waals surface area (Å²) in [6, 6.07) is 51.3. The topological polar surface area (TPSA) is 141 Å². The quantitative estimate of drug-likeness (QED) is 0.0843. The van der Waals surface area contributed by atoms with Gasteiger partial charge in [0.15, 0.2) is 0 Å². The maximum absolute atomic E-state index is 13.4. The third-order valence-electron chi connectivity index (χ3n) is 10.2. The van der Waals surface area contributed by atoms with E-state index in [1.807, 2.05) is 85.2 Å². The first kappa shape index (κ1) is 41.5. The van der Waals surface area contributed by atoms with Crippen molar-refractivity contribution >= 4 is 33.1 Å². The second-order valence-electron chi connectivity index (χ2n) is 14.9. The van der Waals surface area contributed by atoms with Crippen LogP contribution in [-0.2, 0) is 12.8 Å². The van der Waals surface area contributed by atoms with Crippen LogP contribution < -0.4 is 22.1 Å². The molecule has 9 aromatic rings.